The van der Waals surface area contributed by atoms with Gasteiger partial charge in [-0.05, 0) is 36.8 Å². The third-order valence-electron chi connectivity index (χ3n) is 4.98. The van der Waals surface area contributed by atoms with Gasteiger partial charge in [0.2, 0.25) is 0 Å². The van der Waals surface area contributed by atoms with Gasteiger partial charge in [-0.1, -0.05) is 58.4 Å². The fourth-order valence-corrected chi connectivity index (χ4v) is 3.82. The Kier molecular flexibility index (Phi) is 5.77. The van der Waals surface area contributed by atoms with Crippen molar-refractivity contribution in [3.8, 4) is 11.3 Å². The number of nitrogens with one attached hydrogen (secondary N) is 1. The minimum atomic E-state index is -0.358. The Morgan fingerprint density at radius 3 is 2.53 bits per heavy atom. The predicted molar refractivity (Wildman–Crippen MR) is 121 cm³/mol. The van der Waals surface area contributed by atoms with Crippen molar-refractivity contribution in [3.05, 3.63) is 106 Å². The number of halogens is 1. The molecule has 1 atom stereocenters. The fourth-order valence-electron chi connectivity index (χ4n) is 3.42. The van der Waals surface area contributed by atoms with Crippen LogP contribution < -0.4 is 5.32 Å². The number of aromatic nitrogens is 3. The number of hydrogen-bond donors (Lipinski definition) is 1. The van der Waals surface area contributed by atoms with E-state index in [-0.39, 0.29) is 11.9 Å². The number of carbonyl (C=O) groups is 1. The van der Waals surface area contributed by atoms with E-state index in [1.165, 1.54) is 0 Å². The van der Waals surface area contributed by atoms with Gasteiger partial charge in [-0.25, -0.2) is 4.98 Å². The molecule has 0 fully saturated rings. The third kappa shape index (κ3) is 4.19. The predicted octanol–water partition coefficient (Wildman–Crippen LogP) is 5.07. The quantitative estimate of drug-likeness (QED) is 0.452. The van der Waals surface area contributed by atoms with Crippen molar-refractivity contribution in [1.29, 1.82) is 0 Å². The van der Waals surface area contributed by atoms with Gasteiger partial charge in [0.1, 0.15) is 11.9 Å². The largest absolute Gasteiger partial charge is 0.338 e. The summed E-state index contributed by atoms with van der Waals surface area (Å²) in [6, 6.07) is 21.1. The van der Waals surface area contributed by atoms with Crippen molar-refractivity contribution in [3.63, 3.8) is 0 Å². The van der Waals surface area contributed by atoms with E-state index >= 15 is 0 Å². The number of nitrogens with zero attached hydrogens (tertiary/aromatic N) is 3. The van der Waals surface area contributed by atoms with Crippen LogP contribution in [-0.4, -0.2) is 20.4 Å². The van der Waals surface area contributed by atoms with Gasteiger partial charge in [0.05, 0.1) is 17.0 Å². The number of benzene rings is 2. The summed E-state index contributed by atoms with van der Waals surface area (Å²) in [6.45, 7) is 1.86. The van der Waals surface area contributed by atoms with Crippen LogP contribution in [0, 0.1) is 6.92 Å². The van der Waals surface area contributed by atoms with Gasteiger partial charge in [-0.2, -0.15) is 0 Å². The van der Waals surface area contributed by atoms with Crippen molar-refractivity contribution in [1.82, 2.24) is 19.9 Å². The highest BCUT2D eigenvalue weighted by Gasteiger charge is 2.22. The zero-order valence-electron chi connectivity index (χ0n) is 16.7. The number of hydrogen-bond acceptors (Lipinski definition) is 3. The van der Waals surface area contributed by atoms with Gasteiger partial charge in [0.25, 0.3) is 5.91 Å². The maximum atomic E-state index is 13.2. The van der Waals surface area contributed by atoms with Crippen LogP contribution in [0.4, 0.5) is 0 Å². The first kappa shape index (κ1) is 20.0. The van der Waals surface area contributed by atoms with Crippen molar-refractivity contribution < 1.29 is 4.79 Å². The van der Waals surface area contributed by atoms with E-state index in [4.69, 9.17) is 0 Å². The molecule has 0 saturated carbocycles. The molecule has 2 heterocycles. The monoisotopic (exact) mass is 460 g/mol. The fraction of sp³-hybridized carbons (Fsp3) is 0.125. The zero-order chi connectivity index (χ0) is 21.1. The standard InChI is InChI=1S/C24H21BrN4O/c1-16-20(11-12-21(27-16)18-9-6-10-19(25)15-18)24(30)28-22(17-7-4-3-5-8-17)23-26-13-14-29(23)2/h3-15,22H,1-2H3,(H,28,30). The van der Waals surface area contributed by atoms with Gasteiger partial charge >= 0.3 is 0 Å². The summed E-state index contributed by atoms with van der Waals surface area (Å²) in [4.78, 5) is 22.3. The average Bonchev–Trinajstić information content (AvgIpc) is 3.18. The van der Waals surface area contributed by atoms with E-state index in [2.05, 4.69) is 31.2 Å². The number of carbonyl (C=O) groups excluding carboxylic acids is 1. The summed E-state index contributed by atoms with van der Waals surface area (Å²) in [6.07, 6.45) is 3.61. The second kappa shape index (κ2) is 8.63. The Bertz CT molecular complexity index is 1190. The van der Waals surface area contributed by atoms with Gasteiger partial charge in [-0.3, -0.25) is 9.78 Å². The van der Waals surface area contributed by atoms with E-state index in [1.807, 2.05) is 91.5 Å². The molecule has 150 valence electrons. The highest BCUT2D eigenvalue weighted by atomic mass is 79.9. The molecule has 2 aromatic carbocycles. The molecule has 0 aliphatic carbocycles. The lowest BCUT2D eigenvalue weighted by Crippen LogP contribution is -2.31. The summed E-state index contributed by atoms with van der Waals surface area (Å²) >= 11 is 3.49. The molecular formula is C24H21BrN4O. The lowest BCUT2D eigenvalue weighted by molar-refractivity contribution is 0.0940. The van der Waals surface area contributed by atoms with Crippen molar-refractivity contribution in [2.45, 2.75) is 13.0 Å². The normalized spacial score (nSPS) is 11.8. The Morgan fingerprint density at radius 2 is 1.87 bits per heavy atom. The highest BCUT2D eigenvalue weighted by Crippen LogP contribution is 2.24. The Balaban J connectivity index is 1.64. The van der Waals surface area contributed by atoms with E-state index in [0.29, 0.717) is 11.3 Å². The summed E-state index contributed by atoms with van der Waals surface area (Å²) in [7, 11) is 1.92. The summed E-state index contributed by atoms with van der Waals surface area (Å²) in [5, 5.41) is 3.13. The van der Waals surface area contributed by atoms with Crippen LogP contribution >= 0.6 is 15.9 Å². The smallest absolute Gasteiger partial charge is 0.253 e. The van der Waals surface area contributed by atoms with E-state index < -0.39 is 0 Å². The SMILES string of the molecule is Cc1nc(-c2cccc(Br)c2)ccc1C(=O)NC(c1ccccc1)c1nccn1C. The van der Waals surface area contributed by atoms with Crippen LogP contribution in [0.3, 0.4) is 0 Å². The lowest BCUT2D eigenvalue weighted by atomic mass is 10.0. The van der Waals surface area contributed by atoms with Crippen LogP contribution in [0.25, 0.3) is 11.3 Å². The summed E-state index contributed by atoms with van der Waals surface area (Å²) in [5.74, 6) is 0.587. The minimum absolute atomic E-state index is 0.183. The van der Waals surface area contributed by atoms with E-state index in [0.717, 1.165) is 27.1 Å². The lowest BCUT2D eigenvalue weighted by Gasteiger charge is -2.20. The molecule has 1 unspecified atom stereocenters. The molecular weight excluding hydrogens is 440 g/mol. The van der Waals surface area contributed by atoms with E-state index in [9.17, 15) is 4.79 Å². The number of rotatable bonds is 5. The average molecular weight is 461 g/mol. The molecule has 5 nitrogen and oxygen atoms in total. The molecule has 6 heteroatoms. The molecule has 4 aromatic rings. The van der Waals surface area contributed by atoms with Crippen molar-refractivity contribution in [2.24, 2.45) is 7.05 Å². The Morgan fingerprint density at radius 1 is 1.07 bits per heavy atom. The van der Waals surface area contributed by atoms with Crippen molar-refractivity contribution >= 4 is 21.8 Å². The minimum Gasteiger partial charge on any atom is -0.338 e. The van der Waals surface area contributed by atoms with Gasteiger partial charge in [0, 0.05) is 29.5 Å². The molecule has 0 saturated heterocycles. The zero-order valence-corrected chi connectivity index (χ0v) is 18.3. The van der Waals surface area contributed by atoms with Crippen molar-refractivity contribution in [2.75, 3.05) is 0 Å². The molecule has 30 heavy (non-hydrogen) atoms. The van der Waals surface area contributed by atoms with Crippen LogP contribution in [0.2, 0.25) is 0 Å². The van der Waals surface area contributed by atoms with Gasteiger partial charge in [-0.15, -0.1) is 0 Å². The van der Waals surface area contributed by atoms with E-state index in [1.54, 1.807) is 6.20 Å². The van der Waals surface area contributed by atoms with Crippen LogP contribution in [-0.2, 0) is 7.05 Å². The Labute approximate surface area is 183 Å². The molecule has 0 aliphatic rings. The summed E-state index contributed by atoms with van der Waals surface area (Å²) < 4.78 is 2.90. The number of pyridine rings is 1. The highest BCUT2D eigenvalue weighted by molar-refractivity contribution is 9.10. The Hall–Kier alpha value is -3.25. The molecule has 0 radical (unpaired) electrons. The second-order valence-corrected chi connectivity index (χ2v) is 7.97. The third-order valence-corrected chi connectivity index (χ3v) is 5.47. The molecule has 0 spiro atoms. The van der Waals surface area contributed by atoms with Crippen LogP contribution in [0.15, 0.2) is 83.6 Å². The first-order valence-corrected chi connectivity index (χ1v) is 10.4. The number of amides is 1. The number of aryl methyl sites for hydroxylation is 2. The number of imidazole rings is 1. The first-order chi connectivity index (χ1) is 14.5. The topological polar surface area (TPSA) is 59.8 Å². The molecule has 0 aliphatic heterocycles. The van der Waals surface area contributed by atoms with Gasteiger partial charge < -0.3 is 9.88 Å². The van der Waals surface area contributed by atoms with Crippen LogP contribution in [0.5, 0.6) is 0 Å². The second-order valence-electron chi connectivity index (χ2n) is 7.05. The van der Waals surface area contributed by atoms with Crippen LogP contribution in [0.1, 0.15) is 33.5 Å². The molecule has 0 bridgehead atoms. The maximum absolute atomic E-state index is 13.2. The molecule has 1 N–H and O–H groups in total. The summed E-state index contributed by atoms with van der Waals surface area (Å²) in [5.41, 5.74) is 4.01. The van der Waals surface area contributed by atoms with Gasteiger partial charge in [0.15, 0.2) is 0 Å². The molecule has 4 rings (SSSR count). The maximum Gasteiger partial charge on any atom is 0.253 e. The molecule has 2 aromatic heterocycles. The first-order valence-electron chi connectivity index (χ1n) is 9.59. The molecule has 1 amide bonds.